The molecular weight excluding hydrogens is 376 g/mol. The molecule has 29 heavy (non-hydrogen) atoms. The molecule has 2 aromatic heterocycles. The van der Waals surface area contributed by atoms with Crippen molar-refractivity contribution in [3.8, 4) is 16.9 Å². The lowest BCUT2D eigenvalue weighted by molar-refractivity contribution is 0.459. The first kappa shape index (κ1) is 19.2. The van der Waals surface area contributed by atoms with Gasteiger partial charge in [-0.25, -0.2) is 14.1 Å². The summed E-state index contributed by atoms with van der Waals surface area (Å²) < 4.78 is 29.6. The number of nitrogens with zero attached hydrogens (tertiary/aromatic N) is 3. The fraction of sp³-hybridized carbons (Fsp3) is 0.318. The molecule has 0 aliphatic heterocycles. The maximum atomic E-state index is 15.1. The second-order valence-electron chi connectivity index (χ2n) is 7.49. The Morgan fingerprint density at radius 3 is 2.62 bits per heavy atom. The highest BCUT2D eigenvalue weighted by atomic mass is 19.1. The van der Waals surface area contributed by atoms with Crippen molar-refractivity contribution < 1.29 is 13.9 Å². The Bertz CT molecular complexity index is 1150. The molecule has 7 heteroatoms. The summed E-state index contributed by atoms with van der Waals surface area (Å²) in [4.78, 5) is 16.3. The van der Waals surface area contributed by atoms with E-state index in [2.05, 4.69) is 10.1 Å². The Morgan fingerprint density at radius 1 is 1.17 bits per heavy atom. The van der Waals surface area contributed by atoms with Gasteiger partial charge in [-0.2, -0.15) is 9.49 Å². The van der Waals surface area contributed by atoms with E-state index in [1.54, 1.807) is 19.1 Å². The molecule has 0 bridgehead atoms. The van der Waals surface area contributed by atoms with E-state index in [-0.39, 0.29) is 22.6 Å². The molecule has 1 aliphatic rings. The first-order valence-corrected chi connectivity index (χ1v) is 9.55. The molecule has 1 saturated carbocycles. The predicted octanol–water partition coefficient (Wildman–Crippen LogP) is 3.80. The van der Waals surface area contributed by atoms with Crippen LogP contribution in [0.25, 0.3) is 11.1 Å². The van der Waals surface area contributed by atoms with Crippen LogP contribution in [0.2, 0.25) is 0 Å². The fourth-order valence-corrected chi connectivity index (χ4v) is 3.81. The van der Waals surface area contributed by atoms with Crippen molar-refractivity contribution >= 4 is 0 Å². The Morgan fingerprint density at radius 2 is 1.93 bits per heavy atom. The SMILES string of the molecule is Cc1nn(C)c(=O)c(-c2c(F)ccc(C3CC3)c2CCc2ccnc(F)c2)c1O. The van der Waals surface area contributed by atoms with Gasteiger partial charge in [0.15, 0.2) is 5.75 Å². The largest absolute Gasteiger partial charge is 0.505 e. The van der Waals surface area contributed by atoms with Crippen LogP contribution in [0.15, 0.2) is 35.3 Å². The van der Waals surface area contributed by atoms with Crippen LogP contribution in [0.3, 0.4) is 0 Å². The van der Waals surface area contributed by atoms with Crippen LogP contribution in [0.5, 0.6) is 5.75 Å². The van der Waals surface area contributed by atoms with E-state index in [4.69, 9.17) is 0 Å². The normalized spacial score (nSPS) is 13.7. The number of pyridine rings is 1. The van der Waals surface area contributed by atoms with E-state index >= 15 is 4.39 Å². The number of benzene rings is 1. The second kappa shape index (κ2) is 7.39. The van der Waals surface area contributed by atoms with Crippen LogP contribution >= 0.6 is 0 Å². The number of rotatable bonds is 5. The molecule has 1 fully saturated rings. The highest BCUT2D eigenvalue weighted by Gasteiger charge is 2.30. The zero-order chi connectivity index (χ0) is 20.7. The lowest BCUT2D eigenvalue weighted by Crippen LogP contribution is -2.23. The summed E-state index contributed by atoms with van der Waals surface area (Å²) in [7, 11) is 1.47. The van der Waals surface area contributed by atoms with Gasteiger partial charge in [0.1, 0.15) is 11.5 Å². The summed E-state index contributed by atoms with van der Waals surface area (Å²) in [5.41, 5.74) is 2.13. The van der Waals surface area contributed by atoms with Gasteiger partial charge in [0, 0.05) is 18.8 Å². The molecule has 0 radical (unpaired) electrons. The number of halogens is 2. The lowest BCUT2D eigenvalue weighted by Gasteiger charge is -2.17. The van der Waals surface area contributed by atoms with Crippen molar-refractivity contribution in [1.29, 1.82) is 0 Å². The third kappa shape index (κ3) is 3.64. The number of hydrogen-bond donors (Lipinski definition) is 1. The molecule has 2 heterocycles. The van der Waals surface area contributed by atoms with Crippen molar-refractivity contribution in [2.45, 2.75) is 38.5 Å². The highest BCUT2D eigenvalue weighted by Crippen LogP contribution is 2.45. The van der Waals surface area contributed by atoms with E-state index in [0.717, 1.165) is 28.7 Å². The van der Waals surface area contributed by atoms with Crippen LogP contribution in [-0.2, 0) is 19.9 Å². The molecule has 1 aromatic carbocycles. The van der Waals surface area contributed by atoms with E-state index in [1.807, 2.05) is 0 Å². The molecule has 1 N–H and O–H groups in total. The number of aromatic nitrogens is 3. The van der Waals surface area contributed by atoms with Crippen LogP contribution in [0, 0.1) is 18.7 Å². The standard InChI is InChI=1S/C22H21F2N3O2/c1-12-21(28)20(22(29)27(2)26-12)19-16(6-3-13-9-10-25-18(24)11-13)15(14-4-5-14)7-8-17(19)23/h7-11,14,28H,3-6H2,1-2H3. The van der Waals surface area contributed by atoms with Gasteiger partial charge in [-0.3, -0.25) is 4.79 Å². The summed E-state index contributed by atoms with van der Waals surface area (Å²) >= 11 is 0. The van der Waals surface area contributed by atoms with Gasteiger partial charge in [0.25, 0.3) is 5.56 Å². The molecule has 150 valence electrons. The van der Waals surface area contributed by atoms with Gasteiger partial charge in [-0.15, -0.1) is 0 Å². The summed E-state index contributed by atoms with van der Waals surface area (Å²) in [5, 5.41) is 14.5. The topological polar surface area (TPSA) is 68.0 Å². The van der Waals surface area contributed by atoms with E-state index in [0.29, 0.717) is 24.3 Å². The van der Waals surface area contributed by atoms with Crippen LogP contribution in [0.1, 0.15) is 41.1 Å². The predicted molar refractivity (Wildman–Crippen MR) is 105 cm³/mol. The fourth-order valence-electron chi connectivity index (χ4n) is 3.81. The van der Waals surface area contributed by atoms with Gasteiger partial charge < -0.3 is 5.11 Å². The van der Waals surface area contributed by atoms with Crippen molar-refractivity contribution in [2.75, 3.05) is 0 Å². The average Bonchev–Trinajstić information content (AvgIpc) is 3.51. The van der Waals surface area contributed by atoms with Gasteiger partial charge in [-0.05, 0) is 73.4 Å². The van der Waals surface area contributed by atoms with Crippen molar-refractivity contribution in [3.05, 3.63) is 75.0 Å². The van der Waals surface area contributed by atoms with Crippen molar-refractivity contribution in [2.24, 2.45) is 7.05 Å². The van der Waals surface area contributed by atoms with Crippen molar-refractivity contribution in [1.82, 2.24) is 14.8 Å². The van der Waals surface area contributed by atoms with Crippen LogP contribution in [0.4, 0.5) is 8.78 Å². The molecule has 0 unspecified atom stereocenters. The lowest BCUT2D eigenvalue weighted by atomic mass is 9.89. The van der Waals surface area contributed by atoms with Crippen LogP contribution in [-0.4, -0.2) is 19.9 Å². The van der Waals surface area contributed by atoms with Gasteiger partial charge in [0.05, 0.1) is 5.56 Å². The van der Waals surface area contributed by atoms with Gasteiger partial charge in [-0.1, -0.05) is 6.07 Å². The average molecular weight is 397 g/mol. The summed E-state index contributed by atoms with van der Waals surface area (Å²) in [6.07, 6.45) is 4.27. The van der Waals surface area contributed by atoms with Crippen LogP contribution < -0.4 is 5.56 Å². The first-order chi connectivity index (χ1) is 13.9. The molecule has 0 amide bonds. The minimum atomic E-state index is -0.569. The third-order valence-electron chi connectivity index (χ3n) is 5.41. The quantitative estimate of drug-likeness (QED) is 0.665. The maximum Gasteiger partial charge on any atom is 0.278 e. The number of aryl methyl sites for hydroxylation is 3. The Kier molecular flexibility index (Phi) is 4.90. The molecule has 0 spiro atoms. The smallest absolute Gasteiger partial charge is 0.278 e. The summed E-state index contributed by atoms with van der Waals surface area (Å²) in [5.74, 6) is -1.13. The maximum absolute atomic E-state index is 15.1. The second-order valence-corrected chi connectivity index (χ2v) is 7.49. The van der Waals surface area contributed by atoms with E-state index in [1.165, 1.54) is 25.4 Å². The minimum Gasteiger partial charge on any atom is -0.505 e. The Balaban J connectivity index is 1.89. The first-order valence-electron chi connectivity index (χ1n) is 9.55. The van der Waals surface area contributed by atoms with E-state index in [9.17, 15) is 14.3 Å². The van der Waals surface area contributed by atoms with Crippen molar-refractivity contribution in [3.63, 3.8) is 0 Å². The van der Waals surface area contributed by atoms with Gasteiger partial charge in [0.2, 0.25) is 5.95 Å². The van der Waals surface area contributed by atoms with E-state index < -0.39 is 17.3 Å². The zero-order valence-electron chi connectivity index (χ0n) is 16.2. The Labute approximate surface area is 166 Å². The molecule has 1 aliphatic carbocycles. The Hall–Kier alpha value is -3.09. The highest BCUT2D eigenvalue weighted by molar-refractivity contribution is 5.75. The molecule has 0 saturated heterocycles. The number of hydrogen-bond acceptors (Lipinski definition) is 4. The molecule has 0 atom stereocenters. The zero-order valence-corrected chi connectivity index (χ0v) is 16.2. The molecule has 3 aromatic rings. The third-order valence-corrected chi connectivity index (χ3v) is 5.41. The molecular formula is C22H21F2N3O2. The van der Waals surface area contributed by atoms with Gasteiger partial charge >= 0.3 is 0 Å². The minimum absolute atomic E-state index is 0.0732. The number of aromatic hydroxyl groups is 1. The molecule has 4 rings (SSSR count). The summed E-state index contributed by atoms with van der Waals surface area (Å²) in [6.45, 7) is 1.57. The summed E-state index contributed by atoms with van der Waals surface area (Å²) in [6, 6.07) is 6.18. The molecule has 5 nitrogen and oxygen atoms in total. The monoisotopic (exact) mass is 397 g/mol.